The van der Waals surface area contributed by atoms with Crippen molar-refractivity contribution < 1.29 is 9.18 Å². The van der Waals surface area contributed by atoms with Crippen LogP contribution in [0, 0.1) is 5.82 Å². The lowest BCUT2D eigenvalue weighted by Crippen LogP contribution is -2.02. The van der Waals surface area contributed by atoms with Crippen molar-refractivity contribution in [3.8, 4) is 0 Å². The summed E-state index contributed by atoms with van der Waals surface area (Å²) in [4.78, 5) is 15.5. The maximum absolute atomic E-state index is 12.6. The Bertz CT molecular complexity index is 348. The van der Waals surface area contributed by atoms with Crippen LogP contribution in [0.5, 0.6) is 0 Å². The van der Waals surface area contributed by atoms with Crippen molar-refractivity contribution in [2.24, 2.45) is 0 Å². The molecule has 1 aromatic rings. The summed E-state index contributed by atoms with van der Waals surface area (Å²) in [5.41, 5.74) is 0.377. The Morgan fingerprint density at radius 3 is 2.39 bits per heavy atom. The largest absolute Gasteiger partial charge is 0.292 e. The van der Waals surface area contributed by atoms with E-state index in [1.165, 1.54) is 44.2 Å². The van der Waals surface area contributed by atoms with Crippen LogP contribution >= 0.6 is 0 Å². The average molecular weight is 251 g/mol. The fourth-order valence-corrected chi connectivity index (χ4v) is 1.91. The normalized spacial score (nSPS) is 10.6. The summed E-state index contributed by atoms with van der Waals surface area (Å²) in [6.45, 7) is 2.20. The van der Waals surface area contributed by atoms with Gasteiger partial charge in [0.15, 0.2) is 5.78 Å². The molecule has 0 amide bonds. The molecule has 0 spiro atoms. The van der Waals surface area contributed by atoms with Gasteiger partial charge in [0, 0.05) is 6.42 Å². The third-order valence-electron chi connectivity index (χ3n) is 3.02. The highest BCUT2D eigenvalue weighted by atomic mass is 19.1. The van der Waals surface area contributed by atoms with Crippen LogP contribution in [0.1, 0.15) is 68.8 Å². The van der Waals surface area contributed by atoms with E-state index in [0.29, 0.717) is 12.1 Å². The maximum atomic E-state index is 12.6. The first kappa shape index (κ1) is 14.8. The summed E-state index contributed by atoms with van der Waals surface area (Å²) in [6, 6.07) is 2.74. The Hall–Kier alpha value is -1.25. The zero-order valence-corrected chi connectivity index (χ0v) is 11.1. The Morgan fingerprint density at radius 2 is 1.78 bits per heavy atom. The summed E-state index contributed by atoms with van der Waals surface area (Å²) in [5.74, 6) is -0.383. The number of carbonyl (C=O) groups excluding carboxylic acids is 1. The molecule has 1 heterocycles. The zero-order chi connectivity index (χ0) is 13.2. The Balaban J connectivity index is 2.12. The summed E-state index contributed by atoms with van der Waals surface area (Å²) >= 11 is 0. The number of rotatable bonds is 9. The fourth-order valence-electron chi connectivity index (χ4n) is 1.91. The highest BCUT2D eigenvalue weighted by molar-refractivity contribution is 5.94. The number of unbranched alkanes of at least 4 members (excludes halogenated alkanes) is 6. The molecule has 2 nitrogen and oxygen atoms in total. The van der Waals surface area contributed by atoms with Gasteiger partial charge >= 0.3 is 0 Å². The molecule has 3 heteroatoms. The third-order valence-corrected chi connectivity index (χ3v) is 3.02. The van der Waals surface area contributed by atoms with Crippen LogP contribution < -0.4 is 0 Å². The van der Waals surface area contributed by atoms with E-state index in [1.54, 1.807) is 0 Å². The summed E-state index contributed by atoms with van der Waals surface area (Å²) in [5, 5.41) is 0. The molecule has 1 rings (SSSR count). The number of hydrogen-bond acceptors (Lipinski definition) is 2. The van der Waals surface area contributed by atoms with Crippen molar-refractivity contribution >= 4 is 5.78 Å². The molecule has 0 aromatic carbocycles. The molecule has 0 N–H and O–H groups in total. The summed E-state index contributed by atoms with van der Waals surface area (Å²) in [7, 11) is 0. The van der Waals surface area contributed by atoms with Crippen molar-refractivity contribution in [2.75, 3.05) is 0 Å². The second-order valence-corrected chi connectivity index (χ2v) is 4.66. The standard InChI is InChI=1S/C15H22FNO/c1-2-3-4-5-6-7-8-9-15(18)14-11-10-13(16)12-17-14/h10-12H,2-9H2,1H3. The van der Waals surface area contributed by atoms with E-state index < -0.39 is 5.82 Å². The summed E-state index contributed by atoms with van der Waals surface area (Å²) in [6.07, 6.45) is 9.93. The molecule has 0 saturated carbocycles. The minimum absolute atomic E-state index is 0.0172. The average Bonchev–Trinajstić information content (AvgIpc) is 2.38. The molecule has 0 unspecified atom stereocenters. The van der Waals surface area contributed by atoms with Gasteiger partial charge in [-0.25, -0.2) is 4.39 Å². The SMILES string of the molecule is CCCCCCCCCC(=O)c1ccc(F)cn1. The second-order valence-electron chi connectivity index (χ2n) is 4.66. The molecule has 0 bridgehead atoms. The maximum Gasteiger partial charge on any atom is 0.181 e. The van der Waals surface area contributed by atoms with Crippen LogP contribution in [0.25, 0.3) is 0 Å². The van der Waals surface area contributed by atoms with E-state index in [9.17, 15) is 9.18 Å². The first-order valence-electron chi connectivity index (χ1n) is 6.88. The highest BCUT2D eigenvalue weighted by Crippen LogP contribution is 2.10. The van der Waals surface area contributed by atoms with Crippen molar-refractivity contribution in [3.63, 3.8) is 0 Å². The molecular weight excluding hydrogens is 229 g/mol. The van der Waals surface area contributed by atoms with E-state index in [1.807, 2.05) is 0 Å². The predicted molar refractivity (Wildman–Crippen MR) is 71.1 cm³/mol. The number of carbonyl (C=O) groups is 1. The molecule has 0 radical (unpaired) electrons. The third kappa shape index (κ3) is 5.89. The van der Waals surface area contributed by atoms with Crippen molar-refractivity contribution in [2.45, 2.75) is 58.3 Å². The number of halogens is 1. The van der Waals surface area contributed by atoms with Crippen LogP contribution in [-0.4, -0.2) is 10.8 Å². The van der Waals surface area contributed by atoms with Gasteiger partial charge in [0.1, 0.15) is 11.5 Å². The number of hydrogen-bond donors (Lipinski definition) is 0. The Labute approximate surface area is 109 Å². The first-order valence-corrected chi connectivity index (χ1v) is 6.88. The molecule has 18 heavy (non-hydrogen) atoms. The van der Waals surface area contributed by atoms with Crippen LogP contribution in [0.15, 0.2) is 18.3 Å². The number of ketones is 1. The fraction of sp³-hybridized carbons (Fsp3) is 0.600. The van der Waals surface area contributed by atoms with E-state index in [-0.39, 0.29) is 5.78 Å². The Morgan fingerprint density at radius 1 is 1.11 bits per heavy atom. The first-order chi connectivity index (χ1) is 8.74. The van der Waals surface area contributed by atoms with Gasteiger partial charge in [0.2, 0.25) is 0 Å². The number of pyridine rings is 1. The summed E-state index contributed by atoms with van der Waals surface area (Å²) < 4.78 is 12.6. The lowest BCUT2D eigenvalue weighted by atomic mass is 10.1. The molecule has 0 atom stereocenters. The van der Waals surface area contributed by atoms with Crippen LogP contribution in [0.4, 0.5) is 4.39 Å². The van der Waals surface area contributed by atoms with Gasteiger partial charge in [-0.2, -0.15) is 0 Å². The highest BCUT2D eigenvalue weighted by Gasteiger charge is 2.06. The molecule has 0 saturated heterocycles. The van der Waals surface area contributed by atoms with Gasteiger partial charge in [-0.1, -0.05) is 45.4 Å². The van der Waals surface area contributed by atoms with Crippen molar-refractivity contribution in [1.82, 2.24) is 4.98 Å². The van der Waals surface area contributed by atoms with E-state index >= 15 is 0 Å². The van der Waals surface area contributed by atoms with Crippen molar-refractivity contribution in [1.29, 1.82) is 0 Å². The smallest absolute Gasteiger partial charge is 0.181 e. The molecule has 0 aliphatic heterocycles. The minimum Gasteiger partial charge on any atom is -0.292 e. The van der Waals surface area contributed by atoms with Gasteiger partial charge in [-0.15, -0.1) is 0 Å². The van der Waals surface area contributed by atoms with Crippen LogP contribution in [-0.2, 0) is 0 Å². The number of Topliss-reactive ketones (excluding diaryl/α,β-unsaturated/α-hetero) is 1. The topological polar surface area (TPSA) is 30.0 Å². The lowest BCUT2D eigenvalue weighted by molar-refractivity contribution is 0.0974. The minimum atomic E-state index is -0.400. The van der Waals surface area contributed by atoms with Gasteiger partial charge in [-0.3, -0.25) is 9.78 Å². The Kier molecular flexibility index (Phi) is 7.23. The quantitative estimate of drug-likeness (QED) is 0.476. The molecule has 0 aliphatic rings. The van der Waals surface area contributed by atoms with Gasteiger partial charge in [0.05, 0.1) is 6.20 Å². The predicted octanol–water partition coefficient (Wildman–Crippen LogP) is 4.54. The van der Waals surface area contributed by atoms with E-state index in [0.717, 1.165) is 19.0 Å². The second kappa shape index (κ2) is 8.78. The number of aromatic nitrogens is 1. The number of nitrogens with zero attached hydrogens (tertiary/aromatic N) is 1. The monoisotopic (exact) mass is 251 g/mol. The molecule has 1 aromatic heterocycles. The van der Waals surface area contributed by atoms with Crippen LogP contribution in [0.3, 0.4) is 0 Å². The van der Waals surface area contributed by atoms with E-state index in [2.05, 4.69) is 11.9 Å². The van der Waals surface area contributed by atoms with Gasteiger partial charge in [-0.05, 0) is 18.6 Å². The molecule has 0 aliphatic carbocycles. The van der Waals surface area contributed by atoms with Crippen LogP contribution in [0.2, 0.25) is 0 Å². The van der Waals surface area contributed by atoms with Gasteiger partial charge < -0.3 is 0 Å². The van der Waals surface area contributed by atoms with Gasteiger partial charge in [0.25, 0.3) is 0 Å². The van der Waals surface area contributed by atoms with Crippen molar-refractivity contribution in [3.05, 3.63) is 29.8 Å². The zero-order valence-electron chi connectivity index (χ0n) is 11.1. The molecule has 0 fully saturated rings. The van der Waals surface area contributed by atoms with E-state index in [4.69, 9.17) is 0 Å². The molecule has 100 valence electrons. The molecular formula is C15H22FNO. The lowest BCUT2D eigenvalue weighted by Gasteiger charge is -2.01.